The van der Waals surface area contributed by atoms with E-state index in [1.807, 2.05) is 42.5 Å². The van der Waals surface area contributed by atoms with Crippen LogP contribution in [0.15, 0.2) is 48.8 Å². The van der Waals surface area contributed by atoms with Crippen molar-refractivity contribution in [1.29, 1.82) is 0 Å². The van der Waals surface area contributed by atoms with Crippen LogP contribution in [-0.4, -0.2) is 23.0 Å². The van der Waals surface area contributed by atoms with Crippen LogP contribution in [0.5, 0.6) is 5.88 Å². The summed E-state index contributed by atoms with van der Waals surface area (Å²) in [5, 5.41) is 0.592. The van der Waals surface area contributed by atoms with Gasteiger partial charge in [0, 0.05) is 41.5 Å². The maximum atomic E-state index is 12.3. The summed E-state index contributed by atoms with van der Waals surface area (Å²) in [5.41, 5.74) is 5.39. The molecule has 140 valence electrons. The molecule has 1 aliphatic heterocycles. The van der Waals surface area contributed by atoms with Gasteiger partial charge < -0.3 is 9.64 Å². The first-order valence-electron chi connectivity index (χ1n) is 8.80. The van der Waals surface area contributed by atoms with Gasteiger partial charge in [0.15, 0.2) is 0 Å². The molecule has 0 radical (unpaired) electrons. The fourth-order valence-electron chi connectivity index (χ4n) is 3.20. The predicted octanol–water partition coefficient (Wildman–Crippen LogP) is 4.84. The van der Waals surface area contributed by atoms with Crippen LogP contribution in [0.3, 0.4) is 0 Å². The third kappa shape index (κ3) is 3.49. The quantitative estimate of drug-likeness (QED) is 0.627. The van der Waals surface area contributed by atoms with Crippen LogP contribution < -0.4 is 9.64 Å². The first kappa shape index (κ1) is 18.2. The number of pyridine rings is 2. The number of fused-ring (bicyclic) bond motifs is 2. The summed E-state index contributed by atoms with van der Waals surface area (Å²) in [5.74, 6) is 0.505. The smallest absolute Gasteiger partial charge is 0.224 e. The van der Waals surface area contributed by atoms with Crippen molar-refractivity contribution < 1.29 is 9.53 Å². The number of ether oxygens (including phenoxy) is 1. The number of nitrogens with zero attached hydrogens (tertiary/aromatic N) is 3. The second-order valence-corrected chi connectivity index (χ2v) is 6.93. The lowest BCUT2D eigenvalue weighted by Crippen LogP contribution is -2.29. The Morgan fingerprint density at radius 2 is 1.82 bits per heavy atom. The Kier molecular flexibility index (Phi) is 4.84. The lowest BCUT2D eigenvalue weighted by molar-refractivity contribution is -0.116. The average molecular weight is 392 g/mol. The Balaban J connectivity index is 1.79. The van der Waals surface area contributed by atoms with Crippen LogP contribution in [0, 0.1) is 0 Å². The third-order valence-corrected chi connectivity index (χ3v) is 4.93. The maximum absolute atomic E-state index is 12.3. The van der Waals surface area contributed by atoms with Gasteiger partial charge in [0.1, 0.15) is 0 Å². The van der Waals surface area contributed by atoms with Gasteiger partial charge in [-0.25, -0.2) is 4.98 Å². The lowest BCUT2D eigenvalue weighted by Gasteiger charge is -2.25. The molecule has 6 heteroatoms. The number of hydrogen-bond acceptors (Lipinski definition) is 4. The number of halogens is 1. The van der Waals surface area contributed by atoms with Gasteiger partial charge in [-0.15, -0.1) is 0 Å². The van der Waals surface area contributed by atoms with Gasteiger partial charge in [0.2, 0.25) is 11.8 Å². The minimum Gasteiger partial charge on any atom is -0.481 e. The van der Waals surface area contributed by atoms with Gasteiger partial charge in [0.05, 0.1) is 25.0 Å². The third-order valence-electron chi connectivity index (χ3n) is 4.70. The van der Waals surface area contributed by atoms with Gasteiger partial charge in [-0.3, -0.25) is 9.78 Å². The highest BCUT2D eigenvalue weighted by Crippen LogP contribution is 2.32. The summed E-state index contributed by atoms with van der Waals surface area (Å²) >= 11 is 6.16. The molecule has 3 aromatic rings. The van der Waals surface area contributed by atoms with Crippen molar-refractivity contribution in [3.8, 4) is 17.0 Å². The van der Waals surface area contributed by atoms with Crippen LogP contribution in [0.4, 0.5) is 5.69 Å². The summed E-state index contributed by atoms with van der Waals surface area (Å²) in [4.78, 5) is 22.9. The zero-order chi connectivity index (χ0) is 19.7. The van der Waals surface area contributed by atoms with Gasteiger partial charge in [-0.05, 0) is 35.4 Å². The number of aromatic nitrogens is 2. The van der Waals surface area contributed by atoms with Gasteiger partial charge >= 0.3 is 0 Å². The molecule has 0 saturated heterocycles. The minimum absolute atomic E-state index is 0.0602. The number of carbonyl (C=O) groups excluding carboxylic acids is 1. The van der Waals surface area contributed by atoms with Crippen LogP contribution in [-0.2, 0) is 11.3 Å². The molecule has 0 atom stereocenters. The number of carbonyl (C=O) groups is 1. The highest BCUT2D eigenvalue weighted by molar-refractivity contribution is 6.31. The number of methoxy groups -OCH3 is 1. The largest absolute Gasteiger partial charge is 0.481 e. The molecular weight excluding hydrogens is 374 g/mol. The van der Waals surface area contributed by atoms with E-state index in [1.165, 1.54) is 0 Å². The monoisotopic (exact) mass is 391 g/mol. The molecule has 5 nitrogen and oxygen atoms in total. The number of benzene rings is 1. The highest BCUT2D eigenvalue weighted by Gasteiger charge is 2.20. The Labute approximate surface area is 168 Å². The number of amides is 1. The number of anilines is 1. The topological polar surface area (TPSA) is 55.3 Å². The van der Waals surface area contributed by atoms with Crippen molar-refractivity contribution >= 4 is 35.3 Å². The van der Waals surface area contributed by atoms with E-state index in [0.717, 1.165) is 33.6 Å². The standard InChI is InChI=1S/C22H18ClN3O2/c1-14(27)26-13-20-16(4-3-15-5-7-19(23)10-21(15)26)9-18(12-24-20)17-6-8-22(28-2)25-11-17/h3-12H,13H2,1-2H3. The summed E-state index contributed by atoms with van der Waals surface area (Å²) in [6, 6.07) is 11.4. The van der Waals surface area contributed by atoms with Gasteiger partial charge in [-0.1, -0.05) is 29.8 Å². The van der Waals surface area contributed by atoms with Crippen molar-refractivity contribution in [2.75, 3.05) is 12.0 Å². The van der Waals surface area contributed by atoms with Crippen LogP contribution in [0.1, 0.15) is 23.7 Å². The molecule has 0 unspecified atom stereocenters. The summed E-state index contributed by atoms with van der Waals surface area (Å²) in [6.07, 6.45) is 7.56. The molecule has 0 saturated carbocycles. The van der Waals surface area contributed by atoms with E-state index in [0.29, 0.717) is 17.4 Å². The molecule has 0 N–H and O–H groups in total. The Bertz CT molecular complexity index is 1080. The van der Waals surface area contributed by atoms with E-state index in [2.05, 4.69) is 16.0 Å². The van der Waals surface area contributed by atoms with Crippen molar-refractivity contribution in [3.63, 3.8) is 0 Å². The van der Waals surface area contributed by atoms with Crippen LogP contribution in [0.25, 0.3) is 23.3 Å². The predicted molar refractivity (Wildman–Crippen MR) is 111 cm³/mol. The Morgan fingerprint density at radius 3 is 2.54 bits per heavy atom. The summed E-state index contributed by atoms with van der Waals surface area (Å²) in [6.45, 7) is 1.93. The molecule has 3 heterocycles. The number of rotatable bonds is 2. The van der Waals surface area contributed by atoms with Gasteiger partial charge in [-0.2, -0.15) is 0 Å². The molecule has 4 rings (SSSR count). The molecule has 2 aromatic heterocycles. The fourth-order valence-corrected chi connectivity index (χ4v) is 3.37. The van der Waals surface area contributed by atoms with Crippen molar-refractivity contribution in [3.05, 3.63) is 70.6 Å². The Morgan fingerprint density at radius 1 is 1.04 bits per heavy atom. The molecule has 1 aliphatic rings. The van der Waals surface area contributed by atoms with Crippen LogP contribution >= 0.6 is 11.6 Å². The summed E-state index contributed by atoms with van der Waals surface area (Å²) in [7, 11) is 1.59. The first-order chi connectivity index (χ1) is 13.5. The molecule has 1 amide bonds. The first-order valence-corrected chi connectivity index (χ1v) is 9.18. The molecular formula is C22H18ClN3O2. The normalized spacial score (nSPS) is 12.6. The number of hydrogen-bond donors (Lipinski definition) is 0. The van der Waals surface area contributed by atoms with Gasteiger partial charge in [0.25, 0.3) is 0 Å². The molecule has 0 bridgehead atoms. The second kappa shape index (κ2) is 7.44. The molecule has 0 fully saturated rings. The van der Waals surface area contributed by atoms with E-state index in [4.69, 9.17) is 16.3 Å². The maximum Gasteiger partial charge on any atom is 0.224 e. The second-order valence-electron chi connectivity index (χ2n) is 6.49. The van der Waals surface area contributed by atoms with E-state index < -0.39 is 0 Å². The molecule has 0 aliphatic carbocycles. The van der Waals surface area contributed by atoms with Crippen molar-refractivity contribution in [2.24, 2.45) is 0 Å². The van der Waals surface area contributed by atoms with Crippen molar-refractivity contribution in [2.45, 2.75) is 13.5 Å². The van der Waals surface area contributed by atoms with Crippen molar-refractivity contribution in [1.82, 2.24) is 9.97 Å². The minimum atomic E-state index is -0.0602. The van der Waals surface area contributed by atoms with E-state index in [9.17, 15) is 4.79 Å². The van der Waals surface area contributed by atoms with E-state index in [-0.39, 0.29) is 5.91 Å². The lowest BCUT2D eigenvalue weighted by atomic mass is 10.0. The van der Waals surface area contributed by atoms with E-state index >= 15 is 0 Å². The highest BCUT2D eigenvalue weighted by atomic mass is 35.5. The Hall–Kier alpha value is -3.18. The SMILES string of the molecule is COc1ccc(-c2cnc3c(c2)C=Cc2ccc(Cl)cc2N(C(C)=O)C3)cn1. The summed E-state index contributed by atoms with van der Waals surface area (Å²) < 4.78 is 5.12. The van der Waals surface area contributed by atoms with Crippen LogP contribution in [0.2, 0.25) is 5.02 Å². The molecule has 0 spiro atoms. The van der Waals surface area contributed by atoms with E-state index in [1.54, 1.807) is 31.3 Å². The molecule has 28 heavy (non-hydrogen) atoms. The zero-order valence-electron chi connectivity index (χ0n) is 15.5. The molecule has 1 aromatic carbocycles. The fraction of sp³-hybridized carbons (Fsp3) is 0.136. The average Bonchev–Trinajstić information content (AvgIpc) is 2.70. The zero-order valence-corrected chi connectivity index (χ0v) is 16.3.